The second-order valence-corrected chi connectivity index (χ2v) is 12.2. The predicted molar refractivity (Wildman–Crippen MR) is 161 cm³/mol. The number of H-pyrrole nitrogens is 1. The minimum atomic E-state index is -0.757. The van der Waals surface area contributed by atoms with E-state index in [0.717, 1.165) is 43.2 Å². The van der Waals surface area contributed by atoms with Crippen LogP contribution in [0.1, 0.15) is 51.5 Å². The van der Waals surface area contributed by atoms with Gasteiger partial charge in [-0.1, -0.05) is 41.9 Å². The molecule has 10 nitrogen and oxygen atoms in total. The first-order chi connectivity index (χ1) is 20.1. The van der Waals surface area contributed by atoms with Crippen LogP contribution in [0.5, 0.6) is 6.01 Å². The van der Waals surface area contributed by atoms with Gasteiger partial charge in [-0.25, -0.2) is 9.78 Å². The van der Waals surface area contributed by atoms with Crippen LogP contribution < -0.4 is 4.74 Å². The van der Waals surface area contributed by atoms with Crippen LogP contribution in [-0.4, -0.2) is 86.4 Å². The number of pyridine rings is 1. The van der Waals surface area contributed by atoms with E-state index in [1.165, 1.54) is 10.5 Å². The second-order valence-electron chi connectivity index (χ2n) is 11.8. The Balaban J connectivity index is 1.24. The number of carboxylic acids is 1. The number of halogens is 1. The van der Waals surface area contributed by atoms with E-state index in [1.807, 2.05) is 30.3 Å². The number of urea groups is 1. The minimum Gasteiger partial charge on any atom is -0.481 e. The zero-order valence-corrected chi connectivity index (χ0v) is 25.0. The van der Waals surface area contributed by atoms with Gasteiger partial charge in [-0.3, -0.25) is 4.79 Å². The Morgan fingerprint density at radius 2 is 1.83 bits per heavy atom. The number of amides is 2. The summed E-state index contributed by atoms with van der Waals surface area (Å²) in [5, 5.41) is 19.1. The van der Waals surface area contributed by atoms with E-state index in [0.29, 0.717) is 47.5 Å². The van der Waals surface area contributed by atoms with Crippen molar-refractivity contribution in [1.82, 2.24) is 24.8 Å². The molecule has 2 amide bonds. The Morgan fingerprint density at radius 3 is 2.45 bits per heavy atom. The van der Waals surface area contributed by atoms with Gasteiger partial charge in [-0.15, -0.1) is 0 Å². The number of rotatable bonds is 8. The van der Waals surface area contributed by atoms with E-state index in [9.17, 15) is 14.7 Å². The summed E-state index contributed by atoms with van der Waals surface area (Å²) >= 11 is 6.64. The Morgan fingerprint density at radius 1 is 1.14 bits per heavy atom. The molecule has 2 aliphatic rings. The molecule has 1 saturated carbocycles. The van der Waals surface area contributed by atoms with Gasteiger partial charge in [0.2, 0.25) is 0 Å². The normalized spacial score (nSPS) is 19.5. The monoisotopic (exact) mass is 595 g/mol. The molecule has 0 saturated heterocycles. The number of carboxylic acid groups (broad SMARTS) is 1. The van der Waals surface area contributed by atoms with Gasteiger partial charge < -0.3 is 29.7 Å². The fraction of sp³-hybridized carbons (Fsp3) is 0.484. The summed E-state index contributed by atoms with van der Waals surface area (Å²) in [6.45, 7) is 5.01. The largest absolute Gasteiger partial charge is 0.481 e. The summed E-state index contributed by atoms with van der Waals surface area (Å²) in [6.07, 6.45) is 5.93. The van der Waals surface area contributed by atoms with Crippen LogP contribution in [-0.2, 0) is 4.79 Å². The SMILES string of the molecule is CN(CCO)C(=O)N1CC=C(c2ccc(-c3nc4nc(OC5CCC(C(C)(C)C(=O)O)CC5)[nH]c4cc3Cl)cc2)CC1. The molecule has 0 radical (unpaired) electrons. The highest BCUT2D eigenvalue weighted by atomic mass is 35.5. The average molecular weight is 596 g/mol. The van der Waals surface area contributed by atoms with Crippen LogP contribution >= 0.6 is 11.6 Å². The van der Waals surface area contributed by atoms with Gasteiger partial charge in [0.1, 0.15) is 6.10 Å². The molecule has 1 fully saturated rings. The number of benzene rings is 1. The maximum absolute atomic E-state index is 12.5. The first-order valence-electron chi connectivity index (χ1n) is 14.4. The lowest BCUT2D eigenvalue weighted by Crippen LogP contribution is -2.44. The number of ether oxygens (including phenoxy) is 1. The molecule has 42 heavy (non-hydrogen) atoms. The Labute approximate surface area is 250 Å². The number of carbonyl (C=O) groups excluding carboxylic acids is 1. The van der Waals surface area contributed by atoms with Crippen LogP contribution in [0.15, 0.2) is 36.4 Å². The van der Waals surface area contributed by atoms with Crippen LogP contribution in [0.4, 0.5) is 4.79 Å². The van der Waals surface area contributed by atoms with Crippen molar-refractivity contribution in [2.45, 2.75) is 52.1 Å². The average Bonchev–Trinajstić information content (AvgIpc) is 3.37. The number of aromatic nitrogens is 3. The zero-order chi connectivity index (χ0) is 30.0. The second kappa shape index (κ2) is 12.3. The molecular weight excluding hydrogens is 558 g/mol. The topological polar surface area (TPSA) is 132 Å². The van der Waals surface area contributed by atoms with Gasteiger partial charge in [0.05, 0.1) is 28.3 Å². The van der Waals surface area contributed by atoms with E-state index in [-0.39, 0.29) is 24.7 Å². The fourth-order valence-electron chi connectivity index (χ4n) is 5.82. The van der Waals surface area contributed by atoms with Crippen LogP contribution in [0.2, 0.25) is 5.02 Å². The third kappa shape index (κ3) is 6.24. The zero-order valence-electron chi connectivity index (χ0n) is 24.3. The number of aromatic amines is 1. The van der Waals surface area contributed by atoms with Crippen molar-refractivity contribution in [3.05, 3.63) is 47.0 Å². The van der Waals surface area contributed by atoms with E-state index >= 15 is 0 Å². The smallest absolute Gasteiger partial charge is 0.320 e. The van der Waals surface area contributed by atoms with Gasteiger partial charge >= 0.3 is 12.0 Å². The lowest BCUT2D eigenvalue weighted by molar-refractivity contribution is -0.151. The molecule has 1 aromatic carbocycles. The van der Waals surface area contributed by atoms with Gasteiger partial charge in [0.25, 0.3) is 6.01 Å². The maximum atomic E-state index is 12.5. The Bertz CT molecular complexity index is 1480. The molecule has 3 aromatic rings. The number of nitrogens with zero attached hydrogens (tertiary/aromatic N) is 4. The molecular formula is C31H38ClN5O5. The Kier molecular flexibility index (Phi) is 8.75. The van der Waals surface area contributed by atoms with Crippen molar-refractivity contribution in [3.63, 3.8) is 0 Å². The number of aliphatic hydroxyl groups excluding tert-OH is 1. The third-order valence-electron chi connectivity index (χ3n) is 8.70. The highest BCUT2D eigenvalue weighted by Crippen LogP contribution is 2.39. The van der Waals surface area contributed by atoms with Crippen molar-refractivity contribution in [2.24, 2.45) is 11.3 Å². The third-order valence-corrected chi connectivity index (χ3v) is 8.99. The van der Waals surface area contributed by atoms with Crippen molar-refractivity contribution in [1.29, 1.82) is 0 Å². The van der Waals surface area contributed by atoms with Crippen molar-refractivity contribution in [3.8, 4) is 17.3 Å². The van der Waals surface area contributed by atoms with E-state index in [1.54, 1.807) is 25.8 Å². The standard InChI is InChI=1S/C31H38ClN5O5/c1-31(2,28(39)40)22-8-10-23(11-9-22)42-29-33-25-18-24(32)26(34-27(25)35-29)21-6-4-19(5-7-21)20-12-14-37(15-13-20)30(41)36(3)16-17-38/h4-7,12,18,22-23,38H,8-11,13-17H2,1-3H3,(H,39,40)(H,33,34,35). The van der Waals surface area contributed by atoms with E-state index < -0.39 is 11.4 Å². The summed E-state index contributed by atoms with van der Waals surface area (Å²) in [6, 6.07) is 10.2. The van der Waals surface area contributed by atoms with E-state index in [2.05, 4.69) is 16.0 Å². The van der Waals surface area contributed by atoms with Crippen LogP contribution in [0.3, 0.4) is 0 Å². The predicted octanol–water partition coefficient (Wildman–Crippen LogP) is 5.46. The molecule has 224 valence electrons. The first-order valence-corrected chi connectivity index (χ1v) is 14.8. The van der Waals surface area contributed by atoms with Crippen LogP contribution in [0, 0.1) is 11.3 Å². The molecule has 11 heteroatoms. The lowest BCUT2D eigenvalue weighted by Gasteiger charge is -2.36. The number of imidazole rings is 1. The number of carbonyl (C=O) groups is 2. The molecule has 1 aliphatic heterocycles. The van der Waals surface area contributed by atoms with Crippen molar-refractivity contribution in [2.75, 3.05) is 33.3 Å². The summed E-state index contributed by atoms with van der Waals surface area (Å²) in [4.78, 5) is 39.9. The van der Waals surface area contributed by atoms with Gasteiger partial charge in [0, 0.05) is 32.2 Å². The molecule has 3 N–H and O–H groups in total. The molecule has 2 aromatic heterocycles. The van der Waals surface area contributed by atoms with Gasteiger partial charge in [0.15, 0.2) is 5.65 Å². The van der Waals surface area contributed by atoms with Crippen LogP contribution in [0.25, 0.3) is 28.0 Å². The summed E-state index contributed by atoms with van der Waals surface area (Å²) in [7, 11) is 1.70. The summed E-state index contributed by atoms with van der Waals surface area (Å²) in [5.74, 6) is -0.634. The summed E-state index contributed by atoms with van der Waals surface area (Å²) in [5.41, 5.74) is 4.23. The molecule has 0 bridgehead atoms. The number of aliphatic hydroxyl groups is 1. The first kappa shape index (κ1) is 29.8. The van der Waals surface area contributed by atoms with Crippen molar-refractivity contribution < 1.29 is 24.5 Å². The number of likely N-dealkylation sites (N-methyl/N-ethyl adjacent to an activating group) is 1. The number of hydrogen-bond acceptors (Lipinski definition) is 6. The molecule has 0 atom stereocenters. The molecule has 3 heterocycles. The Hall–Kier alpha value is -3.63. The maximum Gasteiger partial charge on any atom is 0.320 e. The molecule has 0 spiro atoms. The fourth-order valence-corrected chi connectivity index (χ4v) is 6.08. The van der Waals surface area contributed by atoms with Gasteiger partial charge in [-0.05, 0) is 69.1 Å². The minimum absolute atomic E-state index is 0.0327. The summed E-state index contributed by atoms with van der Waals surface area (Å²) < 4.78 is 6.14. The number of fused-ring (bicyclic) bond motifs is 1. The molecule has 1 aliphatic carbocycles. The number of nitrogens with one attached hydrogen (secondary N) is 1. The number of hydrogen-bond donors (Lipinski definition) is 3. The number of aliphatic carboxylic acids is 1. The highest BCUT2D eigenvalue weighted by Gasteiger charge is 2.39. The van der Waals surface area contributed by atoms with Gasteiger partial charge in [-0.2, -0.15) is 4.98 Å². The van der Waals surface area contributed by atoms with Crippen molar-refractivity contribution >= 4 is 40.3 Å². The quantitative estimate of drug-likeness (QED) is 0.315. The highest BCUT2D eigenvalue weighted by molar-refractivity contribution is 6.33. The molecule has 5 rings (SSSR count). The lowest BCUT2D eigenvalue weighted by atomic mass is 9.70. The molecule has 0 unspecified atom stereocenters. The van der Waals surface area contributed by atoms with E-state index in [4.69, 9.17) is 26.4 Å².